The third-order valence-corrected chi connectivity index (χ3v) is 4.32. The van der Waals surface area contributed by atoms with E-state index in [1.165, 1.54) is 6.08 Å². The van der Waals surface area contributed by atoms with Crippen LogP contribution in [0.15, 0.2) is 12.7 Å². The minimum absolute atomic E-state index is 0.103. The van der Waals surface area contributed by atoms with Crippen molar-refractivity contribution in [1.82, 2.24) is 4.90 Å². The molecular weight excluding hydrogens is 362 g/mol. The second-order valence-electron chi connectivity index (χ2n) is 6.81. The Kier molecular flexibility index (Phi) is 14.6. The first-order valence-electron chi connectivity index (χ1n) is 10.2. The third kappa shape index (κ3) is 10.8. The number of imide groups is 1. The topological polar surface area (TPSA) is 101 Å². The monoisotopic (exact) mass is 397 g/mol. The van der Waals surface area contributed by atoms with Gasteiger partial charge in [0.15, 0.2) is 0 Å². The fraction of sp³-hybridized carbons (Fsp3) is 0.714. The molecule has 0 aromatic rings. The van der Waals surface area contributed by atoms with Crippen LogP contribution in [-0.4, -0.2) is 46.4 Å². The first-order chi connectivity index (χ1) is 13.4. The second-order valence-corrected chi connectivity index (χ2v) is 6.81. The minimum atomic E-state index is -1.45. The Morgan fingerprint density at radius 2 is 1.43 bits per heavy atom. The number of carboxylic acid groups (broad SMARTS) is 1. The van der Waals surface area contributed by atoms with Crippen LogP contribution in [0.4, 0.5) is 0 Å². The summed E-state index contributed by atoms with van der Waals surface area (Å²) in [7, 11) is 0. The van der Waals surface area contributed by atoms with Crippen molar-refractivity contribution in [1.29, 1.82) is 0 Å². The van der Waals surface area contributed by atoms with Crippen molar-refractivity contribution in [3.63, 3.8) is 0 Å². The SMILES string of the molecule is C=CCOC(=O)C(CC(=O)O)N(C(=O)CCCCCC)C(=O)CCCCCC. The summed E-state index contributed by atoms with van der Waals surface area (Å²) in [5.41, 5.74) is 0. The van der Waals surface area contributed by atoms with Gasteiger partial charge in [0.25, 0.3) is 0 Å². The average Bonchev–Trinajstić information content (AvgIpc) is 2.65. The lowest BCUT2D eigenvalue weighted by atomic mass is 10.1. The zero-order valence-corrected chi connectivity index (χ0v) is 17.3. The van der Waals surface area contributed by atoms with Crippen LogP contribution in [0, 0.1) is 0 Å². The molecule has 0 fully saturated rings. The lowest BCUT2D eigenvalue weighted by molar-refractivity contribution is -0.163. The Morgan fingerprint density at radius 1 is 0.929 bits per heavy atom. The Hall–Kier alpha value is -2.18. The molecule has 0 aromatic heterocycles. The number of hydrogen-bond acceptors (Lipinski definition) is 5. The fourth-order valence-electron chi connectivity index (χ4n) is 2.82. The molecule has 1 N–H and O–H groups in total. The molecule has 0 aliphatic carbocycles. The first kappa shape index (κ1) is 25.8. The quantitative estimate of drug-likeness (QED) is 0.241. The number of carbonyl (C=O) groups is 4. The number of amides is 2. The summed E-state index contributed by atoms with van der Waals surface area (Å²) in [6, 6.07) is -1.45. The van der Waals surface area contributed by atoms with Gasteiger partial charge >= 0.3 is 11.9 Å². The molecule has 0 saturated heterocycles. The van der Waals surface area contributed by atoms with Gasteiger partial charge in [0.2, 0.25) is 11.8 Å². The van der Waals surface area contributed by atoms with E-state index in [1.807, 2.05) is 13.8 Å². The summed E-state index contributed by atoms with van der Waals surface area (Å²) >= 11 is 0. The lowest BCUT2D eigenvalue weighted by Crippen LogP contribution is -2.50. The summed E-state index contributed by atoms with van der Waals surface area (Å²) in [5, 5.41) is 9.19. The van der Waals surface area contributed by atoms with Crippen molar-refractivity contribution in [3.05, 3.63) is 12.7 Å². The Morgan fingerprint density at radius 3 is 1.82 bits per heavy atom. The maximum Gasteiger partial charge on any atom is 0.330 e. The van der Waals surface area contributed by atoms with Crippen molar-refractivity contribution in [2.45, 2.75) is 90.5 Å². The number of rotatable bonds is 16. The average molecular weight is 398 g/mol. The molecule has 7 heteroatoms. The zero-order chi connectivity index (χ0) is 21.4. The van der Waals surface area contributed by atoms with Crippen LogP contribution in [-0.2, 0) is 23.9 Å². The van der Waals surface area contributed by atoms with Gasteiger partial charge in [0.05, 0.1) is 6.42 Å². The second kappa shape index (κ2) is 15.8. The van der Waals surface area contributed by atoms with Crippen molar-refractivity contribution < 1.29 is 29.0 Å². The van der Waals surface area contributed by atoms with Gasteiger partial charge in [0.1, 0.15) is 12.6 Å². The molecule has 7 nitrogen and oxygen atoms in total. The van der Waals surface area contributed by atoms with Crippen molar-refractivity contribution in [3.8, 4) is 0 Å². The predicted octanol–water partition coefficient (Wildman–Crippen LogP) is 3.85. The normalized spacial score (nSPS) is 11.5. The zero-order valence-electron chi connectivity index (χ0n) is 17.3. The van der Waals surface area contributed by atoms with Gasteiger partial charge in [-0.3, -0.25) is 19.3 Å². The van der Waals surface area contributed by atoms with E-state index in [-0.39, 0.29) is 19.4 Å². The van der Waals surface area contributed by atoms with Crippen molar-refractivity contribution in [2.75, 3.05) is 6.61 Å². The van der Waals surface area contributed by atoms with Crippen LogP contribution < -0.4 is 0 Å². The van der Waals surface area contributed by atoms with Gasteiger partial charge in [-0.05, 0) is 12.8 Å². The van der Waals surface area contributed by atoms with Gasteiger partial charge < -0.3 is 9.84 Å². The highest BCUT2D eigenvalue weighted by molar-refractivity contribution is 6.00. The summed E-state index contributed by atoms with van der Waals surface area (Å²) in [5.74, 6) is -3.20. The van der Waals surface area contributed by atoms with E-state index >= 15 is 0 Å². The van der Waals surface area contributed by atoms with Gasteiger partial charge in [-0.1, -0.05) is 65.0 Å². The highest BCUT2D eigenvalue weighted by atomic mass is 16.5. The summed E-state index contributed by atoms with van der Waals surface area (Å²) in [4.78, 5) is 49.9. The van der Waals surface area contributed by atoms with Crippen molar-refractivity contribution in [2.24, 2.45) is 0 Å². The molecule has 1 unspecified atom stereocenters. The molecule has 160 valence electrons. The van der Waals surface area contributed by atoms with E-state index in [4.69, 9.17) is 4.74 Å². The highest BCUT2D eigenvalue weighted by Gasteiger charge is 2.36. The molecule has 0 spiro atoms. The molecular formula is C21H35NO6. The first-order valence-corrected chi connectivity index (χ1v) is 10.2. The number of nitrogens with zero attached hydrogens (tertiary/aromatic N) is 1. The van der Waals surface area contributed by atoms with E-state index in [9.17, 15) is 24.3 Å². The number of unbranched alkanes of at least 4 members (excludes halogenated alkanes) is 6. The number of carboxylic acids is 1. The molecule has 0 aliphatic heterocycles. The van der Waals surface area contributed by atoms with Crippen molar-refractivity contribution >= 4 is 23.8 Å². The van der Waals surface area contributed by atoms with E-state index in [0.717, 1.165) is 43.4 Å². The molecule has 0 heterocycles. The predicted molar refractivity (Wildman–Crippen MR) is 107 cm³/mol. The standard InChI is InChI=1S/C21H35NO6/c1-4-7-9-11-13-18(23)22(19(24)14-12-10-8-5-2)17(16-20(25)26)21(27)28-15-6-3/h6,17H,3-5,7-16H2,1-2H3,(H,25,26). The summed E-state index contributed by atoms with van der Waals surface area (Å²) < 4.78 is 4.96. The molecule has 0 bridgehead atoms. The van der Waals surface area contributed by atoms with Gasteiger partial charge in [-0.2, -0.15) is 0 Å². The van der Waals surface area contributed by atoms with Crippen LogP contribution in [0.25, 0.3) is 0 Å². The molecule has 0 radical (unpaired) electrons. The smallest absolute Gasteiger partial charge is 0.330 e. The molecule has 1 atom stereocenters. The number of esters is 1. The third-order valence-electron chi connectivity index (χ3n) is 4.32. The Labute approximate surface area is 168 Å². The highest BCUT2D eigenvalue weighted by Crippen LogP contribution is 2.16. The number of ether oxygens (including phenoxy) is 1. The van der Waals surface area contributed by atoms with Gasteiger partial charge in [0, 0.05) is 12.8 Å². The number of carbonyl (C=O) groups excluding carboxylic acids is 3. The van der Waals surface area contributed by atoms with E-state index in [0.29, 0.717) is 12.8 Å². The molecule has 0 aromatic carbocycles. The van der Waals surface area contributed by atoms with Crippen LogP contribution in [0.1, 0.15) is 84.5 Å². The molecule has 0 rings (SSSR count). The van der Waals surface area contributed by atoms with E-state index < -0.39 is 36.2 Å². The van der Waals surface area contributed by atoms with E-state index in [2.05, 4.69) is 6.58 Å². The van der Waals surface area contributed by atoms with Crippen LogP contribution >= 0.6 is 0 Å². The van der Waals surface area contributed by atoms with Crippen LogP contribution in [0.2, 0.25) is 0 Å². The maximum atomic E-state index is 12.7. The van der Waals surface area contributed by atoms with E-state index in [1.54, 1.807) is 0 Å². The molecule has 0 aliphatic rings. The summed E-state index contributed by atoms with van der Waals surface area (Å²) in [6.07, 6.45) is 7.69. The van der Waals surface area contributed by atoms with Crippen LogP contribution in [0.5, 0.6) is 0 Å². The fourth-order valence-corrected chi connectivity index (χ4v) is 2.82. The minimum Gasteiger partial charge on any atom is -0.481 e. The molecule has 0 saturated carbocycles. The van der Waals surface area contributed by atoms with Crippen LogP contribution in [0.3, 0.4) is 0 Å². The molecule has 28 heavy (non-hydrogen) atoms. The Balaban J connectivity index is 5.35. The van der Waals surface area contributed by atoms with Gasteiger partial charge in [-0.15, -0.1) is 0 Å². The molecule has 2 amide bonds. The number of aliphatic carboxylic acids is 1. The Bertz CT molecular complexity index is 493. The maximum absolute atomic E-state index is 12.7. The lowest BCUT2D eigenvalue weighted by Gasteiger charge is -2.28. The summed E-state index contributed by atoms with van der Waals surface area (Å²) in [6.45, 7) is 7.43. The van der Waals surface area contributed by atoms with Gasteiger partial charge in [-0.25, -0.2) is 4.79 Å². The largest absolute Gasteiger partial charge is 0.481 e. The number of hydrogen-bond donors (Lipinski definition) is 1.